The van der Waals surface area contributed by atoms with Crippen molar-refractivity contribution in [3.8, 4) is 0 Å². The van der Waals surface area contributed by atoms with Gasteiger partial charge in [-0.2, -0.15) is 0 Å². The van der Waals surface area contributed by atoms with E-state index >= 15 is 0 Å². The Morgan fingerprint density at radius 1 is 1.11 bits per heavy atom. The smallest absolute Gasteiger partial charge is 0.339 e. The van der Waals surface area contributed by atoms with Crippen molar-refractivity contribution in [2.45, 2.75) is 13.8 Å². The van der Waals surface area contributed by atoms with Gasteiger partial charge >= 0.3 is 5.97 Å². The molecule has 2 aromatic carbocycles. The highest BCUT2D eigenvalue weighted by atomic mass is 35.5. The summed E-state index contributed by atoms with van der Waals surface area (Å²) in [5, 5.41) is 3.15. The molecular weight excluding hydrogens is 368 g/mol. The van der Waals surface area contributed by atoms with Gasteiger partial charge in [0.2, 0.25) is 11.7 Å². The van der Waals surface area contributed by atoms with Crippen molar-refractivity contribution in [3.05, 3.63) is 64.3 Å². The highest BCUT2D eigenvalue weighted by Crippen LogP contribution is 2.37. The van der Waals surface area contributed by atoms with Crippen LogP contribution in [-0.4, -0.2) is 29.3 Å². The van der Waals surface area contributed by atoms with Crippen molar-refractivity contribution in [1.82, 2.24) is 4.98 Å². The molecule has 27 heavy (non-hydrogen) atoms. The van der Waals surface area contributed by atoms with Crippen molar-refractivity contribution < 1.29 is 19.1 Å². The molecule has 0 bridgehead atoms. The second-order valence-electron chi connectivity index (χ2n) is 5.82. The maximum atomic E-state index is 12.9. The number of rotatable bonds is 5. The Labute approximate surface area is 160 Å². The Kier molecular flexibility index (Phi) is 5.28. The van der Waals surface area contributed by atoms with Gasteiger partial charge in [-0.1, -0.05) is 41.9 Å². The second kappa shape index (κ2) is 7.63. The molecule has 2 N–H and O–H groups in total. The van der Waals surface area contributed by atoms with Gasteiger partial charge in [0.15, 0.2) is 0 Å². The number of halogens is 1. The molecule has 1 amide bonds. The minimum atomic E-state index is -0.574. The van der Waals surface area contributed by atoms with E-state index in [0.717, 1.165) is 0 Å². The Balaban J connectivity index is 2.23. The van der Waals surface area contributed by atoms with Gasteiger partial charge in [0, 0.05) is 23.4 Å². The third-order valence-corrected chi connectivity index (χ3v) is 4.35. The van der Waals surface area contributed by atoms with Gasteiger partial charge in [-0.25, -0.2) is 4.79 Å². The van der Waals surface area contributed by atoms with E-state index in [1.54, 1.807) is 43.3 Å². The van der Waals surface area contributed by atoms with E-state index in [0.29, 0.717) is 16.5 Å². The van der Waals surface area contributed by atoms with Crippen molar-refractivity contribution >= 4 is 45.9 Å². The van der Waals surface area contributed by atoms with Crippen LogP contribution in [0.3, 0.4) is 0 Å². The molecule has 7 heteroatoms. The quantitative estimate of drug-likeness (QED) is 0.510. The summed E-state index contributed by atoms with van der Waals surface area (Å²) in [6.07, 6.45) is 0. The molecule has 0 saturated carbocycles. The van der Waals surface area contributed by atoms with E-state index in [9.17, 15) is 14.4 Å². The number of aromatic nitrogens is 1. The lowest BCUT2D eigenvalue weighted by molar-refractivity contribution is -0.114. The maximum Gasteiger partial charge on any atom is 0.339 e. The molecule has 6 nitrogen and oxygen atoms in total. The third kappa shape index (κ3) is 3.57. The van der Waals surface area contributed by atoms with Gasteiger partial charge < -0.3 is 15.0 Å². The normalized spacial score (nSPS) is 10.6. The molecule has 1 aromatic heterocycles. The van der Waals surface area contributed by atoms with Gasteiger partial charge in [0.25, 0.3) is 0 Å². The molecule has 0 fully saturated rings. The zero-order chi connectivity index (χ0) is 19.6. The van der Waals surface area contributed by atoms with Crippen LogP contribution in [0.15, 0.2) is 42.5 Å². The number of anilines is 1. The number of benzene rings is 2. The fourth-order valence-electron chi connectivity index (χ4n) is 2.82. The van der Waals surface area contributed by atoms with E-state index in [4.69, 9.17) is 16.3 Å². The van der Waals surface area contributed by atoms with E-state index < -0.39 is 5.97 Å². The van der Waals surface area contributed by atoms with Crippen molar-refractivity contribution in [2.24, 2.45) is 0 Å². The standard InChI is InChI=1S/C20H17ClN2O4/c1-3-27-20(26)13-9-10-14-15(16(13)21)17(22-11(2)24)18(23-14)19(25)12-7-5-4-6-8-12/h4-10,23H,3H2,1-2H3,(H,22,24). The van der Waals surface area contributed by atoms with Gasteiger partial charge in [-0.05, 0) is 19.1 Å². The molecule has 0 atom stereocenters. The molecule has 0 radical (unpaired) electrons. The average Bonchev–Trinajstić information content (AvgIpc) is 3.01. The zero-order valence-corrected chi connectivity index (χ0v) is 15.5. The lowest BCUT2D eigenvalue weighted by Gasteiger charge is -2.08. The lowest BCUT2D eigenvalue weighted by Crippen LogP contribution is -2.11. The molecule has 138 valence electrons. The number of hydrogen-bond donors (Lipinski definition) is 2. The summed E-state index contributed by atoms with van der Waals surface area (Å²) in [5.41, 5.74) is 1.57. The third-order valence-electron chi connectivity index (χ3n) is 3.96. The summed E-state index contributed by atoms with van der Waals surface area (Å²) in [5.74, 6) is -1.24. The molecule has 0 aliphatic heterocycles. The van der Waals surface area contributed by atoms with Crippen LogP contribution in [0.25, 0.3) is 10.9 Å². The molecule has 0 saturated heterocycles. The van der Waals surface area contributed by atoms with Gasteiger partial charge in [0.1, 0.15) is 5.69 Å². The van der Waals surface area contributed by atoms with Crippen molar-refractivity contribution in [1.29, 1.82) is 0 Å². The molecule has 0 unspecified atom stereocenters. The summed E-state index contributed by atoms with van der Waals surface area (Å²) in [6, 6.07) is 11.8. The fraction of sp³-hybridized carbons (Fsp3) is 0.150. The highest BCUT2D eigenvalue weighted by Gasteiger charge is 2.24. The van der Waals surface area contributed by atoms with Crippen LogP contribution in [0.2, 0.25) is 5.02 Å². The van der Waals surface area contributed by atoms with Crippen LogP contribution in [0.5, 0.6) is 0 Å². The Morgan fingerprint density at radius 2 is 1.81 bits per heavy atom. The summed E-state index contributed by atoms with van der Waals surface area (Å²) in [7, 11) is 0. The number of ether oxygens (including phenoxy) is 1. The highest BCUT2D eigenvalue weighted by molar-refractivity contribution is 6.40. The van der Waals surface area contributed by atoms with Crippen LogP contribution in [0.1, 0.15) is 40.3 Å². The molecule has 0 aliphatic rings. The Hall–Kier alpha value is -3.12. The fourth-order valence-corrected chi connectivity index (χ4v) is 3.15. The monoisotopic (exact) mass is 384 g/mol. The van der Waals surface area contributed by atoms with E-state index in [1.807, 2.05) is 0 Å². The summed E-state index contributed by atoms with van der Waals surface area (Å²) in [6.45, 7) is 3.23. The summed E-state index contributed by atoms with van der Waals surface area (Å²) in [4.78, 5) is 39.8. The lowest BCUT2D eigenvalue weighted by atomic mass is 10.1. The van der Waals surface area contributed by atoms with Crippen LogP contribution >= 0.6 is 11.6 Å². The predicted octanol–water partition coefficient (Wildman–Crippen LogP) is 4.19. The number of ketones is 1. The van der Waals surface area contributed by atoms with Gasteiger partial charge in [0.05, 0.1) is 22.9 Å². The number of carbonyl (C=O) groups excluding carboxylic acids is 3. The van der Waals surface area contributed by atoms with Crippen molar-refractivity contribution in [3.63, 3.8) is 0 Å². The summed E-state index contributed by atoms with van der Waals surface area (Å²) < 4.78 is 5.01. The number of esters is 1. The van der Waals surface area contributed by atoms with E-state index in [2.05, 4.69) is 10.3 Å². The van der Waals surface area contributed by atoms with Crippen molar-refractivity contribution in [2.75, 3.05) is 11.9 Å². The first-order chi connectivity index (χ1) is 12.9. The zero-order valence-electron chi connectivity index (χ0n) is 14.8. The molecule has 0 spiro atoms. The molecular formula is C20H17ClN2O4. The molecule has 3 rings (SSSR count). The average molecular weight is 385 g/mol. The van der Waals surface area contributed by atoms with E-state index in [-0.39, 0.29) is 40.3 Å². The maximum absolute atomic E-state index is 12.9. The second-order valence-corrected chi connectivity index (χ2v) is 6.20. The first kappa shape index (κ1) is 18.7. The number of carbonyl (C=O) groups is 3. The largest absolute Gasteiger partial charge is 0.462 e. The predicted molar refractivity (Wildman–Crippen MR) is 103 cm³/mol. The number of amides is 1. The molecule has 1 heterocycles. The number of fused-ring (bicyclic) bond motifs is 1. The first-order valence-corrected chi connectivity index (χ1v) is 8.70. The first-order valence-electron chi connectivity index (χ1n) is 8.32. The van der Waals surface area contributed by atoms with Crippen LogP contribution in [0.4, 0.5) is 5.69 Å². The van der Waals surface area contributed by atoms with Crippen LogP contribution < -0.4 is 5.32 Å². The number of hydrogen-bond acceptors (Lipinski definition) is 4. The minimum absolute atomic E-state index is 0.109. The molecule has 3 aromatic rings. The number of nitrogens with one attached hydrogen (secondary N) is 2. The summed E-state index contributed by atoms with van der Waals surface area (Å²) >= 11 is 6.44. The van der Waals surface area contributed by atoms with Crippen LogP contribution in [0, 0.1) is 0 Å². The Bertz CT molecular complexity index is 1040. The minimum Gasteiger partial charge on any atom is -0.462 e. The topological polar surface area (TPSA) is 88.3 Å². The van der Waals surface area contributed by atoms with Gasteiger partial charge in [-0.15, -0.1) is 0 Å². The van der Waals surface area contributed by atoms with Gasteiger partial charge in [-0.3, -0.25) is 9.59 Å². The SMILES string of the molecule is CCOC(=O)c1ccc2[nH]c(C(=O)c3ccccc3)c(NC(C)=O)c2c1Cl. The Morgan fingerprint density at radius 3 is 2.44 bits per heavy atom. The van der Waals surface area contributed by atoms with Crippen LogP contribution in [-0.2, 0) is 9.53 Å². The molecule has 0 aliphatic carbocycles. The number of aromatic amines is 1. The van der Waals surface area contributed by atoms with E-state index in [1.165, 1.54) is 13.0 Å². The number of H-pyrrole nitrogens is 1.